The van der Waals surface area contributed by atoms with Crippen LogP contribution in [0.4, 0.5) is 8.78 Å². The van der Waals surface area contributed by atoms with Crippen molar-refractivity contribution in [1.82, 2.24) is 5.43 Å². The maximum absolute atomic E-state index is 13.7. The van der Waals surface area contributed by atoms with Gasteiger partial charge in [-0.05, 0) is 41.8 Å². The lowest BCUT2D eigenvalue weighted by Crippen LogP contribution is -2.30. The van der Waals surface area contributed by atoms with Crippen molar-refractivity contribution >= 4 is 27.5 Å². The van der Waals surface area contributed by atoms with Crippen molar-refractivity contribution in [2.75, 3.05) is 0 Å². The van der Waals surface area contributed by atoms with Crippen LogP contribution in [0.15, 0.2) is 40.9 Å². The van der Waals surface area contributed by atoms with Crippen molar-refractivity contribution in [3.05, 3.63) is 68.7 Å². The largest absolute Gasteiger partial charge is 0.271 e. The molecule has 20 heavy (non-hydrogen) atoms. The first-order chi connectivity index (χ1) is 9.51. The molecule has 0 saturated carbocycles. The second kappa shape index (κ2) is 6.63. The fraction of sp³-hybridized carbons (Fsp3) is 0.143. The normalized spacial score (nSPS) is 12.4. The Morgan fingerprint density at radius 1 is 1.20 bits per heavy atom. The van der Waals surface area contributed by atoms with Crippen LogP contribution in [0.1, 0.15) is 17.2 Å². The molecule has 0 aliphatic heterocycles. The minimum absolute atomic E-state index is 0.279. The van der Waals surface area contributed by atoms with Gasteiger partial charge in [-0.15, -0.1) is 0 Å². The number of halogens is 4. The highest BCUT2D eigenvalue weighted by Crippen LogP contribution is 2.29. The Morgan fingerprint density at radius 3 is 2.60 bits per heavy atom. The van der Waals surface area contributed by atoms with Crippen molar-refractivity contribution in [3.8, 4) is 0 Å². The molecule has 1 atom stereocenters. The third-order valence-electron chi connectivity index (χ3n) is 2.97. The lowest BCUT2D eigenvalue weighted by molar-refractivity contribution is 0.520. The Bertz CT molecular complexity index is 622. The van der Waals surface area contributed by atoms with Gasteiger partial charge in [0.25, 0.3) is 0 Å². The Hall–Kier alpha value is -1.01. The highest BCUT2D eigenvalue weighted by molar-refractivity contribution is 9.10. The lowest BCUT2D eigenvalue weighted by atomic mass is 9.99. The third-order valence-corrected chi connectivity index (χ3v) is 3.93. The van der Waals surface area contributed by atoms with Crippen LogP contribution in [0.25, 0.3) is 0 Å². The molecule has 0 amide bonds. The summed E-state index contributed by atoms with van der Waals surface area (Å²) in [6.07, 6.45) is 0.279. The van der Waals surface area contributed by atoms with Crippen LogP contribution in [0, 0.1) is 11.6 Å². The highest BCUT2D eigenvalue weighted by Gasteiger charge is 2.16. The monoisotopic (exact) mass is 360 g/mol. The first kappa shape index (κ1) is 15.4. The SMILES string of the molecule is NNC(Cc1ccc(F)cc1F)c1cc(Cl)ccc1Br. The molecule has 1 unspecified atom stereocenters. The summed E-state index contributed by atoms with van der Waals surface area (Å²) in [5, 5.41) is 0.558. The fourth-order valence-electron chi connectivity index (χ4n) is 1.95. The molecule has 6 heteroatoms. The van der Waals surface area contributed by atoms with Crippen LogP contribution >= 0.6 is 27.5 Å². The number of nitrogens with one attached hydrogen (secondary N) is 1. The Kier molecular flexibility index (Phi) is 5.10. The van der Waals surface area contributed by atoms with Crippen LogP contribution in [-0.4, -0.2) is 0 Å². The van der Waals surface area contributed by atoms with Gasteiger partial charge >= 0.3 is 0 Å². The fourth-order valence-corrected chi connectivity index (χ4v) is 2.65. The van der Waals surface area contributed by atoms with Crippen LogP contribution in [0.2, 0.25) is 5.02 Å². The van der Waals surface area contributed by atoms with E-state index in [-0.39, 0.29) is 12.5 Å². The van der Waals surface area contributed by atoms with Gasteiger partial charge < -0.3 is 0 Å². The minimum Gasteiger partial charge on any atom is -0.271 e. The lowest BCUT2D eigenvalue weighted by Gasteiger charge is -2.18. The zero-order chi connectivity index (χ0) is 14.7. The predicted molar refractivity (Wildman–Crippen MR) is 79.3 cm³/mol. The molecular formula is C14H12BrClF2N2. The number of rotatable bonds is 4. The first-order valence-corrected chi connectivity index (χ1v) is 7.03. The van der Waals surface area contributed by atoms with E-state index in [1.165, 1.54) is 12.1 Å². The van der Waals surface area contributed by atoms with Crippen molar-refractivity contribution in [1.29, 1.82) is 0 Å². The van der Waals surface area contributed by atoms with Gasteiger partial charge in [0.05, 0.1) is 6.04 Å². The van der Waals surface area contributed by atoms with Gasteiger partial charge in [0, 0.05) is 15.6 Å². The molecule has 0 spiro atoms. The summed E-state index contributed by atoms with van der Waals surface area (Å²) in [5.74, 6) is 4.34. The average Bonchev–Trinajstić information content (AvgIpc) is 2.41. The molecule has 0 aromatic heterocycles. The zero-order valence-corrected chi connectivity index (χ0v) is 12.7. The van der Waals surface area contributed by atoms with Gasteiger partial charge in [0.1, 0.15) is 11.6 Å². The van der Waals surface area contributed by atoms with E-state index in [4.69, 9.17) is 17.4 Å². The second-order valence-corrected chi connectivity index (χ2v) is 5.62. The van der Waals surface area contributed by atoms with Crippen molar-refractivity contribution in [2.24, 2.45) is 5.84 Å². The van der Waals surface area contributed by atoms with Gasteiger partial charge in [-0.25, -0.2) is 8.78 Å². The van der Waals surface area contributed by atoms with E-state index in [0.29, 0.717) is 10.6 Å². The first-order valence-electron chi connectivity index (χ1n) is 5.86. The van der Waals surface area contributed by atoms with Crippen molar-refractivity contribution < 1.29 is 8.78 Å². The summed E-state index contributed by atoms with van der Waals surface area (Å²) in [6, 6.07) is 8.42. The molecule has 2 aromatic rings. The van der Waals surface area contributed by atoms with Gasteiger partial charge in [0.2, 0.25) is 0 Å². The van der Waals surface area contributed by atoms with E-state index >= 15 is 0 Å². The second-order valence-electron chi connectivity index (χ2n) is 4.32. The highest BCUT2D eigenvalue weighted by atomic mass is 79.9. The molecule has 2 aromatic carbocycles. The average molecular weight is 362 g/mol. The smallest absolute Gasteiger partial charge is 0.129 e. The summed E-state index contributed by atoms with van der Waals surface area (Å²) in [7, 11) is 0. The Balaban J connectivity index is 2.31. The van der Waals surface area contributed by atoms with Gasteiger partial charge in [0.15, 0.2) is 0 Å². The molecule has 0 aliphatic carbocycles. The minimum atomic E-state index is -0.604. The predicted octanol–water partition coefficient (Wildman–Crippen LogP) is 4.13. The van der Waals surface area contributed by atoms with Gasteiger partial charge in [-0.2, -0.15) is 0 Å². The van der Waals surface area contributed by atoms with E-state index in [1.807, 2.05) is 0 Å². The third kappa shape index (κ3) is 3.55. The molecule has 0 radical (unpaired) electrons. The summed E-state index contributed by atoms with van der Waals surface area (Å²) in [5.41, 5.74) is 3.81. The molecule has 0 aliphatic rings. The summed E-state index contributed by atoms with van der Waals surface area (Å²) in [4.78, 5) is 0. The van der Waals surface area contributed by atoms with E-state index in [9.17, 15) is 8.78 Å². The molecule has 106 valence electrons. The van der Waals surface area contributed by atoms with Crippen molar-refractivity contribution in [2.45, 2.75) is 12.5 Å². The summed E-state index contributed by atoms with van der Waals surface area (Å²) >= 11 is 9.37. The number of hydrazine groups is 1. The van der Waals surface area contributed by atoms with Crippen LogP contribution in [0.3, 0.4) is 0 Å². The number of nitrogens with two attached hydrogens (primary N) is 1. The quantitative estimate of drug-likeness (QED) is 0.635. The van der Waals surface area contributed by atoms with E-state index < -0.39 is 11.6 Å². The zero-order valence-electron chi connectivity index (χ0n) is 10.3. The summed E-state index contributed by atoms with van der Waals surface area (Å²) < 4.78 is 27.4. The standard InChI is InChI=1S/C14H12BrClF2N2/c15-12-4-2-9(16)6-11(12)14(20-19)5-8-1-3-10(17)7-13(8)18/h1-4,6-7,14,20H,5,19H2. The van der Waals surface area contributed by atoms with Crippen LogP contribution in [-0.2, 0) is 6.42 Å². The molecule has 0 saturated heterocycles. The molecular weight excluding hydrogens is 350 g/mol. The summed E-state index contributed by atoms with van der Waals surface area (Å²) in [6.45, 7) is 0. The molecule has 0 fully saturated rings. The molecule has 0 heterocycles. The molecule has 0 bridgehead atoms. The van der Waals surface area contributed by atoms with Crippen LogP contribution in [0.5, 0.6) is 0 Å². The molecule has 2 rings (SSSR count). The van der Waals surface area contributed by atoms with Gasteiger partial charge in [-0.1, -0.05) is 33.6 Å². The van der Waals surface area contributed by atoms with Gasteiger partial charge in [-0.3, -0.25) is 11.3 Å². The maximum atomic E-state index is 13.7. The number of hydrogen-bond donors (Lipinski definition) is 2. The Morgan fingerprint density at radius 2 is 1.95 bits per heavy atom. The van der Waals surface area contributed by atoms with Crippen LogP contribution < -0.4 is 11.3 Å². The van der Waals surface area contributed by atoms with Crippen molar-refractivity contribution in [3.63, 3.8) is 0 Å². The number of hydrogen-bond acceptors (Lipinski definition) is 2. The number of benzene rings is 2. The van der Waals surface area contributed by atoms with E-state index in [2.05, 4.69) is 21.4 Å². The topological polar surface area (TPSA) is 38.0 Å². The van der Waals surface area contributed by atoms with E-state index in [1.54, 1.807) is 18.2 Å². The molecule has 3 N–H and O–H groups in total. The maximum Gasteiger partial charge on any atom is 0.129 e. The van der Waals surface area contributed by atoms with E-state index in [0.717, 1.165) is 16.1 Å². The molecule has 2 nitrogen and oxygen atoms in total. The Labute approximate surface area is 129 Å².